The molecule has 0 aliphatic rings. The number of rotatable bonds is 3. The number of halogens is 3. The first kappa shape index (κ1) is 13.5. The number of anilines is 1. The van der Waals surface area contributed by atoms with Crippen LogP contribution in [0.3, 0.4) is 0 Å². The van der Waals surface area contributed by atoms with E-state index in [9.17, 15) is 18.0 Å². The van der Waals surface area contributed by atoms with E-state index in [2.05, 4.69) is 10.3 Å². The molecule has 3 N–H and O–H groups in total. The number of nitrogens with one attached hydrogen (secondary N) is 1. The van der Waals surface area contributed by atoms with Crippen molar-refractivity contribution in [2.75, 3.05) is 5.32 Å². The fourth-order valence-corrected chi connectivity index (χ4v) is 1.99. The fraction of sp³-hybridized carbons (Fsp3) is 0.0909. The van der Waals surface area contributed by atoms with E-state index in [1.54, 1.807) is 0 Å². The van der Waals surface area contributed by atoms with E-state index in [0.717, 1.165) is 0 Å². The summed E-state index contributed by atoms with van der Waals surface area (Å²) >= 11 is 1.19. The molecular formula is C11H8F3N3OS. The minimum absolute atomic E-state index is 0.0793. The summed E-state index contributed by atoms with van der Waals surface area (Å²) in [6, 6.07) is 1.37. The maximum Gasteiger partial charge on any atom is 0.275 e. The highest BCUT2D eigenvalue weighted by molar-refractivity contribution is 7.09. The van der Waals surface area contributed by atoms with Gasteiger partial charge >= 0.3 is 0 Å². The number of nitrogens with zero attached hydrogens (tertiary/aromatic N) is 1. The van der Waals surface area contributed by atoms with Crippen molar-refractivity contribution < 1.29 is 18.0 Å². The van der Waals surface area contributed by atoms with E-state index >= 15 is 0 Å². The van der Waals surface area contributed by atoms with Crippen molar-refractivity contribution >= 4 is 22.9 Å². The number of hydrogen-bond acceptors (Lipinski definition) is 4. The zero-order valence-corrected chi connectivity index (χ0v) is 10.2. The molecule has 0 aliphatic heterocycles. The summed E-state index contributed by atoms with van der Waals surface area (Å²) in [7, 11) is 0. The molecule has 1 amide bonds. The zero-order chi connectivity index (χ0) is 14.0. The number of amides is 1. The van der Waals surface area contributed by atoms with Gasteiger partial charge in [-0.25, -0.2) is 18.2 Å². The molecule has 1 aromatic heterocycles. The average molecular weight is 287 g/mol. The lowest BCUT2D eigenvalue weighted by Crippen LogP contribution is -2.13. The molecule has 0 radical (unpaired) electrons. The molecule has 0 fully saturated rings. The van der Waals surface area contributed by atoms with Gasteiger partial charge in [-0.3, -0.25) is 4.79 Å². The summed E-state index contributed by atoms with van der Waals surface area (Å²) < 4.78 is 38.6. The first-order valence-corrected chi connectivity index (χ1v) is 5.99. The Kier molecular flexibility index (Phi) is 3.82. The van der Waals surface area contributed by atoms with Crippen molar-refractivity contribution in [1.82, 2.24) is 4.98 Å². The maximum absolute atomic E-state index is 13.0. The van der Waals surface area contributed by atoms with Gasteiger partial charge in [0.05, 0.1) is 0 Å². The van der Waals surface area contributed by atoms with E-state index in [1.807, 2.05) is 0 Å². The number of benzene rings is 1. The molecule has 0 saturated carbocycles. The third kappa shape index (κ3) is 2.91. The number of carbonyl (C=O) groups excluding carboxylic acids is 1. The molecule has 0 spiro atoms. The molecule has 100 valence electrons. The summed E-state index contributed by atoms with van der Waals surface area (Å²) in [5.74, 6) is -4.99. The molecule has 2 rings (SSSR count). The highest BCUT2D eigenvalue weighted by Crippen LogP contribution is 2.18. The van der Waals surface area contributed by atoms with Gasteiger partial charge in [0, 0.05) is 29.7 Å². The number of aromatic nitrogens is 1. The lowest BCUT2D eigenvalue weighted by Gasteiger charge is -2.04. The second-order valence-electron chi connectivity index (χ2n) is 3.54. The van der Waals surface area contributed by atoms with Gasteiger partial charge in [-0.05, 0) is 0 Å². The van der Waals surface area contributed by atoms with Gasteiger partial charge in [0.25, 0.3) is 5.91 Å². The smallest absolute Gasteiger partial charge is 0.275 e. The van der Waals surface area contributed by atoms with E-state index < -0.39 is 23.4 Å². The van der Waals surface area contributed by atoms with Crippen LogP contribution in [0, 0.1) is 17.5 Å². The van der Waals surface area contributed by atoms with Crippen LogP contribution < -0.4 is 11.1 Å². The third-order valence-corrected chi connectivity index (χ3v) is 3.07. The molecule has 0 unspecified atom stereocenters. The molecule has 1 aromatic carbocycles. The summed E-state index contributed by atoms with van der Waals surface area (Å²) in [5.41, 5.74) is 5.24. The Labute approximate surface area is 110 Å². The quantitative estimate of drug-likeness (QED) is 0.851. The summed E-state index contributed by atoms with van der Waals surface area (Å²) in [6.45, 7) is 0.192. The normalized spacial score (nSPS) is 10.5. The van der Waals surface area contributed by atoms with Gasteiger partial charge in [0.15, 0.2) is 17.5 Å². The Hall–Kier alpha value is -1.93. The topological polar surface area (TPSA) is 68.0 Å². The van der Waals surface area contributed by atoms with Crippen LogP contribution >= 0.6 is 11.3 Å². The number of thiazole rings is 1. The SMILES string of the molecule is NCc1nc(C(=O)Nc2cc(F)c(F)c(F)c2)cs1. The Morgan fingerprint density at radius 2 is 1.95 bits per heavy atom. The van der Waals surface area contributed by atoms with Gasteiger partial charge in [0.2, 0.25) is 0 Å². The Morgan fingerprint density at radius 3 is 2.47 bits per heavy atom. The second-order valence-corrected chi connectivity index (χ2v) is 4.48. The number of nitrogens with two attached hydrogens (primary N) is 1. The average Bonchev–Trinajstić information content (AvgIpc) is 2.84. The maximum atomic E-state index is 13.0. The van der Waals surface area contributed by atoms with E-state index in [4.69, 9.17) is 5.73 Å². The van der Waals surface area contributed by atoms with Gasteiger partial charge in [0.1, 0.15) is 10.7 Å². The first-order chi connectivity index (χ1) is 9.01. The minimum Gasteiger partial charge on any atom is -0.325 e. The molecule has 1 heterocycles. The van der Waals surface area contributed by atoms with Crippen LogP contribution in [0.1, 0.15) is 15.5 Å². The van der Waals surface area contributed by atoms with Crippen LogP contribution in [0.25, 0.3) is 0 Å². The minimum atomic E-state index is -1.59. The highest BCUT2D eigenvalue weighted by Gasteiger charge is 2.14. The van der Waals surface area contributed by atoms with Gasteiger partial charge in [-0.15, -0.1) is 11.3 Å². The van der Waals surface area contributed by atoms with Gasteiger partial charge < -0.3 is 11.1 Å². The summed E-state index contributed by atoms with van der Waals surface area (Å²) in [4.78, 5) is 15.6. The van der Waals surface area contributed by atoms with Crippen molar-refractivity contribution in [3.05, 3.63) is 45.7 Å². The Balaban J connectivity index is 2.19. The molecule has 2 aromatic rings. The summed E-state index contributed by atoms with van der Waals surface area (Å²) in [6.07, 6.45) is 0. The Morgan fingerprint density at radius 1 is 1.32 bits per heavy atom. The fourth-order valence-electron chi connectivity index (χ4n) is 1.33. The predicted molar refractivity (Wildman–Crippen MR) is 64.3 cm³/mol. The van der Waals surface area contributed by atoms with Crippen LogP contribution in [-0.4, -0.2) is 10.9 Å². The number of hydrogen-bond donors (Lipinski definition) is 2. The lowest BCUT2D eigenvalue weighted by atomic mass is 10.2. The number of carbonyl (C=O) groups is 1. The Bertz CT molecular complexity index is 606. The van der Waals surface area contributed by atoms with Crippen LogP contribution in [0.15, 0.2) is 17.5 Å². The highest BCUT2D eigenvalue weighted by atomic mass is 32.1. The molecule has 4 nitrogen and oxygen atoms in total. The lowest BCUT2D eigenvalue weighted by molar-refractivity contribution is 0.102. The van der Waals surface area contributed by atoms with Gasteiger partial charge in [-0.1, -0.05) is 0 Å². The monoisotopic (exact) mass is 287 g/mol. The molecule has 0 atom stereocenters. The molecule has 0 aliphatic carbocycles. The molecule has 0 bridgehead atoms. The van der Waals surface area contributed by atoms with Crippen molar-refractivity contribution in [3.63, 3.8) is 0 Å². The van der Waals surface area contributed by atoms with Crippen molar-refractivity contribution in [3.8, 4) is 0 Å². The van der Waals surface area contributed by atoms with Gasteiger partial charge in [-0.2, -0.15) is 0 Å². The van der Waals surface area contributed by atoms with Crippen molar-refractivity contribution in [2.45, 2.75) is 6.54 Å². The van der Waals surface area contributed by atoms with Crippen LogP contribution in [0.2, 0.25) is 0 Å². The van der Waals surface area contributed by atoms with Crippen molar-refractivity contribution in [2.24, 2.45) is 5.73 Å². The summed E-state index contributed by atoms with van der Waals surface area (Å²) in [5, 5.41) is 4.25. The third-order valence-electron chi connectivity index (χ3n) is 2.20. The predicted octanol–water partition coefficient (Wildman–Crippen LogP) is 2.27. The van der Waals surface area contributed by atoms with Crippen molar-refractivity contribution in [1.29, 1.82) is 0 Å². The van der Waals surface area contributed by atoms with Crippen LogP contribution in [0.4, 0.5) is 18.9 Å². The molecule has 8 heteroatoms. The standard InChI is InChI=1S/C11H8F3N3OS/c12-6-1-5(2-7(13)10(6)14)16-11(18)8-4-19-9(3-15)17-8/h1-2,4H,3,15H2,(H,16,18). The largest absolute Gasteiger partial charge is 0.325 e. The van der Waals surface area contributed by atoms with E-state index in [1.165, 1.54) is 16.7 Å². The van der Waals surface area contributed by atoms with E-state index in [0.29, 0.717) is 17.1 Å². The molecule has 19 heavy (non-hydrogen) atoms. The van der Waals surface area contributed by atoms with Crippen LogP contribution in [-0.2, 0) is 6.54 Å². The molecule has 0 saturated heterocycles. The second kappa shape index (κ2) is 5.37. The molecular weight excluding hydrogens is 279 g/mol. The zero-order valence-electron chi connectivity index (χ0n) is 9.41. The van der Waals surface area contributed by atoms with E-state index in [-0.39, 0.29) is 17.9 Å². The van der Waals surface area contributed by atoms with Crippen LogP contribution in [0.5, 0.6) is 0 Å². The first-order valence-electron chi connectivity index (χ1n) is 5.11.